The van der Waals surface area contributed by atoms with Crippen molar-refractivity contribution in [2.45, 2.75) is 18.3 Å². The first kappa shape index (κ1) is 12.7. The maximum Gasteiger partial charge on any atom is 0.472 e. The lowest BCUT2D eigenvalue weighted by atomic mass is 10.1. The van der Waals surface area contributed by atoms with Crippen molar-refractivity contribution in [3.8, 4) is 0 Å². The molecule has 0 aromatic carbocycles. The molecule has 4 N–H and O–H groups in total. The second kappa shape index (κ2) is 4.67. The molecule has 88 valence electrons. The lowest BCUT2D eigenvalue weighted by Crippen LogP contribution is -2.44. The fraction of sp³-hybridized carbons (Fsp3) is 0.833. The number of hydrogen-bond acceptors (Lipinski definition) is 7. The average Bonchev–Trinajstić information content (AvgIpc) is 2.21. The number of phosphoric acid groups is 1. The lowest BCUT2D eigenvalue weighted by molar-refractivity contribution is -0.140. The predicted molar refractivity (Wildman–Crippen MR) is 44.8 cm³/mol. The minimum Gasteiger partial charge on any atom is -0.388 e. The molecule has 0 spiro atoms. The van der Waals surface area contributed by atoms with E-state index >= 15 is 0 Å². The van der Waals surface area contributed by atoms with Gasteiger partial charge in [0.25, 0.3) is 0 Å². The number of carbonyl (C=O) groups excluding carboxylic acids is 1. The van der Waals surface area contributed by atoms with Gasteiger partial charge in [-0.05, 0) is 0 Å². The van der Waals surface area contributed by atoms with Gasteiger partial charge in [-0.3, -0.25) is 13.8 Å². The first-order chi connectivity index (χ1) is 6.83. The second-order valence-electron chi connectivity index (χ2n) is 3.01. The molecule has 1 aliphatic rings. The lowest BCUT2D eigenvalue weighted by Gasteiger charge is -2.19. The number of carbonyl (C=O) groups is 1. The largest absolute Gasteiger partial charge is 0.472 e. The van der Waals surface area contributed by atoms with Crippen LogP contribution in [0.5, 0.6) is 0 Å². The van der Waals surface area contributed by atoms with Gasteiger partial charge < -0.3 is 20.2 Å². The molecule has 4 atom stereocenters. The summed E-state index contributed by atoms with van der Waals surface area (Å²) in [7, 11) is -4.42. The van der Waals surface area contributed by atoms with Crippen LogP contribution < -0.4 is 0 Å². The van der Waals surface area contributed by atoms with E-state index < -0.39 is 45.1 Å². The van der Waals surface area contributed by atoms with E-state index in [2.05, 4.69) is 9.05 Å². The van der Waals surface area contributed by atoms with E-state index in [-0.39, 0.29) is 0 Å². The van der Waals surface area contributed by atoms with Crippen LogP contribution >= 0.6 is 7.82 Å². The number of aliphatic hydroxyl groups is 3. The van der Waals surface area contributed by atoms with Gasteiger partial charge in [0.1, 0.15) is 24.9 Å². The molecule has 1 fully saturated rings. The number of Topliss-reactive ketones (excluding diaryl/α,β-unsaturated/α-hetero) is 1. The molecule has 0 aliphatic carbocycles. The van der Waals surface area contributed by atoms with Crippen molar-refractivity contribution >= 4 is 13.6 Å². The summed E-state index contributed by atoms with van der Waals surface area (Å²) < 4.78 is 19.4. The maximum atomic E-state index is 11.0. The first-order valence-electron chi connectivity index (χ1n) is 4.02. The molecular formula is C6H11O8P. The predicted octanol–water partition coefficient (Wildman–Crippen LogP) is -2.21. The fourth-order valence-electron chi connectivity index (χ4n) is 0.938. The van der Waals surface area contributed by atoms with E-state index in [0.29, 0.717) is 0 Å². The number of phosphoric ester groups is 1. The summed E-state index contributed by atoms with van der Waals surface area (Å²) in [5.41, 5.74) is 0. The molecule has 1 aliphatic heterocycles. The van der Waals surface area contributed by atoms with Crippen molar-refractivity contribution in [3.05, 3.63) is 0 Å². The molecule has 0 aromatic rings. The monoisotopic (exact) mass is 242 g/mol. The van der Waals surface area contributed by atoms with E-state index in [1.807, 2.05) is 0 Å². The first-order valence-corrected chi connectivity index (χ1v) is 5.52. The van der Waals surface area contributed by atoms with E-state index in [1.54, 1.807) is 0 Å². The Morgan fingerprint density at radius 2 is 1.87 bits per heavy atom. The van der Waals surface area contributed by atoms with Crippen LogP contribution in [0.2, 0.25) is 0 Å². The molecule has 0 amide bonds. The Morgan fingerprint density at radius 1 is 1.27 bits per heavy atom. The van der Waals surface area contributed by atoms with E-state index in [4.69, 9.17) is 15.1 Å². The van der Waals surface area contributed by atoms with Gasteiger partial charge in [-0.1, -0.05) is 0 Å². The second-order valence-corrected chi connectivity index (χ2v) is 4.46. The smallest absolute Gasteiger partial charge is 0.388 e. The topological polar surface area (TPSA) is 134 Å². The summed E-state index contributed by atoms with van der Waals surface area (Å²) in [6.45, 7) is -1.60. The molecule has 1 saturated heterocycles. The van der Waals surface area contributed by atoms with Crippen molar-refractivity contribution in [3.63, 3.8) is 0 Å². The molecule has 15 heavy (non-hydrogen) atoms. The van der Waals surface area contributed by atoms with E-state index in [0.717, 1.165) is 0 Å². The standard InChI is InChI=1S/C6H11O8P/c7-3-1-13-15(11,12)14-2-4(8)6(10)5(3)9/h3,5-7,9-10H,1-2H2,(H,11,12). The van der Waals surface area contributed by atoms with Crippen LogP contribution in [0.1, 0.15) is 0 Å². The van der Waals surface area contributed by atoms with Crippen LogP contribution in [0.3, 0.4) is 0 Å². The van der Waals surface area contributed by atoms with Gasteiger partial charge in [-0.15, -0.1) is 0 Å². The molecule has 4 unspecified atom stereocenters. The number of aliphatic hydroxyl groups excluding tert-OH is 3. The van der Waals surface area contributed by atoms with E-state index in [9.17, 15) is 14.5 Å². The average molecular weight is 242 g/mol. The highest BCUT2D eigenvalue weighted by Crippen LogP contribution is 2.43. The molecular weight excluding hydrogens is 231 g/mol. The van der Waals surface area contributed by atoms with Gasteiger partial charge in [-0.2, -0.15) is 0 Å². The van der Waals surface area contributed by atoms with Crippen molar-refractivity contribution in [2.75, 3.05) is 13.2 Å². The Hall–Kier alpha value is -0.340. The molecule has 0 bridgehead atoms. The van der Waals surface area contributed by atoms with Crippen LogP contribution in [-0.2, 0) is 18.4 Å². The summed E-state index contributed by atoms with van der Waals surface area (Å²) in [4.78, 5) is 19.9. The summed E-state index contributed by atoms with van der Waals surface area (Å²) in [5.74, 6) is -1.01. The molecule has 0 saturated carbocycles. The third-order valence-electron chi connectivity index (χ3n) is 1.83. The molecule has 1 heterocycles. The van der Waals surface area contributed by atoms with Crippen LogP contribution in [0, 0.1) is 0 Å². The maximum absolute atomic E-state index is 11.0. The summed E-state index contributed by atoms with van der Waals surface area (Å²) in [6.07, 6.45) is -5.30. The highest BCUT2D eigenvalue weighted by molar-refractivity contribution is 7.47. The highest BCUT2D eigenvalue weighted by Gasteiger charge is 2.36. The minimum absolute atomic E-state index is 0.723. The molecule has 8 nitrogen and oxygen atoms in total. The summed E-state index contributed by atoms with van der Waals surface area (Å²) in [5, 5.41) is 27.5. The van der Waals surface area contributed by atoms with Gasteiger partial charge in [0, 0.05) is 0 Å². The van der Waals surface area contributed by atoms with Gasteiger partial charge in [0.05, 0.1) is 6.61 Å². The number of hydrogen-bond donors (Lipinski definition) is 4. The minimum atomic E-state index is -4.42. The third-order valence-corrected chi connectivity index (χ3v) is 2.76. The van der Waals surface area contributed by atoms with Gasteiger partial charge in [0.2, 0.25) is 0 Å². The van der Waals surface area contributed by atoms with Gasteiger partial charge >= 0.3 is 7.82 Å². The molecule has 1 rings (SSSR count). The van der Waals surface area contributed by atoms with Crippen LogP contribution in [-0.4, -0.2) is 57.5 Å². The SMILES string of the molecule is O=C1COP(=O)(O)OCC(O)C(O)C1O. The van der Waals surface area contributed by atoms with E-state index in [1.165, 1.54) is 0 Å². The fourth-order valence-corrected chi connectivity index (χ4v) is 1.64. The zero-order valence-corrected chi connectivity index (χ0v) is 8.41. The molecule has 9 heteroatoms. The Balaban J connectivity index is 2.82. The van der Waals surface area contributed by atoms with Crippen molar-refractivity contribution < 1.29 is 38.6 Å². The van der Waals surface area contributed by atoms with Crippen LogP contribution in [0.15, 0.2) is 0 Å². The van der Waals surface area contributed by atoms with Crippen LogP contribution in [0.25, 0.3) is 0 Å². The Bertz CT molecular complexity index is 291. The van der Waals surface area contributed by atoms with Crippen molar-refractivity contribution in [1.82, 2.24) is 0 Å². The molecule has 0 radical (unpaired) electrons. The van der Waals surface area contributed by atoms with Crippen molar-refractivity contribution in [2.24, 2.45) is 0 Å². The Kier molecular flexibility index (Phi) is 3.96. The van der Waals surface area contributed by atoms with Crippen LogP contribution in [0.4, 0.5) is 0 Å². The quantitative estimate of drug-likeness (QED) is 0.351. The summed E-state index contributed by atoms with van der Waals surface area (Å²) in [6, 6.07) is 0. The number of rotatable bonds is 0. The third kappa shape index (κ3) is 3.32. The zero-order chi connectivity index (χ0) is 11.6. The van der Waals surface area contributed by atoms with Gasteiger partial charge in [-0.25, -0.2) is 4.57 Å². The zero-order valence-electron chi connectivity index (χ0n) is 7.52. The number of ketones is 1. The highest BCUT2D eigenvalue weighted by atomic mass is 31.2. The molecule has 0 aromatic heterocycles. The van der Waals surface area contributed by atoms with Crippen molar-refractivity contribution in [1.29, 1.82) is 0 Å². The van der Waals surface area contributed by atoms with Gasteiger partial charge in [0.15, 0.2) is 5.78 Å². The Labute approximate surface area is 84.7 Å². The summed E-state index contributed by atoms with van der Waals surface area (Å²) >= 11 is 0. The normalized spacial score (nSPS) is 44.3. The Morgan fingerprint density at radius 3 is 2.47 bits per heavy atom.